The van der Waals surface area contributed by atoms with Crippen LogP contribution in [0.4, 0.5) is 0 Å². The van der Waals surface area contributed by atoms with Gasteiger partial charge in [0.1, 0.15) is 17.8 Å². The van der Waals surface area contributed by atoms with E-state index < -0.39 is 18.0 Å². The molecular weight excluding hydrogens is 442 g/mol. The highest BCUT2D eigenvalue weighted by atomic mass is 35.5. The van der Waals surface area contributed by atoms with E-state index in [0.717, 1.165) is 16.5 Å². The molecule has 0 bridgehead atoms. The van der Waals surface area contributed by atoms with Crippen molar-refractivity contribution in [1.82, 2.24) is 20.9 Å². The first-order chi connectivity index (χ1) is 15.7. The van der Waals surface area contributed by atoms with Gasteiger partial charge in [0.2, 0.25) is 11.8 Å². The summed E-state index contributed by atoms with van der Waals surface area (Å²) in [5.74, 6) is -1.07. The lowest BCUT2D eigenvalue weighted by Gasteiger charge is -2.22. The molecule has 176 valence electrons. The van der Waals surface area contributed by atoms with E-state index in [9.17, 15) is 19.6 Å². The van der Waals surface area contributed by atoms with Crippen LogP contribution in [0.25, 0.3) is 10.9 Å². The largest absolute Gasteiger partial charge is 0.356 e. The number of nitrogens with zero attached hydrogens (tertiary/aromatic N) is 1. The molecule has 3 rings (SSSR count). The first-order valence-electron chi connectivity index (χ1n) is 11.3. The number of rotatable bonds is 9. The van der Waals surface area contributed by atoms with E-state index in [1.54, 1.807) is 6.07 Å². The van der Waals surface area contributed by atoms with Crippen LogP contribution in [0.3, 0.4) is 0 Å². The SMILES string of the molecule is CCc1c(C(=O)N[C@@H](CC(C)C)C(=O)N[C@H](C#N)C[C@@H]2CCNC2=O)[nH]c2ccc(Cl)cc12. The summed E-state index contributed by atoms with van der Waals surface area (Å²) >= 11 is 6.13. The molecular formula is C24H30ClN5O3. The van der Waals surface area contributed by atoms with E-state index in [2.05, 4.69) is 27.0 Å². The number of hydrogen-bond acceptors (Lipinski definition) is 4. The summed E-state index contributed by atoms with van der Waals surface area (Å²) in [6, 6.07) is 5.84. The first kappa shape index (κ1) is 24.6. The fraction of sp³-hybridized carbons (Fsp3) is 0.500. The summed E-state index contributed by atoms with van der Waals surface area (Å²) in [5, 5.41) is 19.3. The van der Waals surface area contributed by atoms with E-state index in [-0.39, 0.29) is 30.1 Å². The van der Waals surface area contributed by atoms with E-state index in [1.807, 2.05) is 32.9 Å². The molecule has 1 aliphatic rings. The second-order valence-corrected chi connectivity index (χ2v) is 9.32. The number of carbonyl (C=O) groups is 3. The molecule has 2 aromatic rings. The Balaban J connectivity index is 1.76. The molecule has 3 atom stereocenters. The number of aromatic nitrogens is 1. The number of aromatic amines is 1. The summed E-state index contributed by atoms with van der Waals surface area (Å²) < 4.78 is 0. The molecule has 0 spiro atoms. The Labute approximate surface area is 198 Å². The topological polar surface area (TPSA) is 127 Å². The normalized spacial score (nSPS) is 17.5. The molecule has 33 heavy (non-hydrogen) atoms. The van der Waals surface area contributed by atoms with Gasteiger partial charge in [0, 0.05) is 28.4 Å². The van der Waals surface area contributed by atoms with Crippen molar-refractivity contribution in [3.05, 3.63) is 34.5 Å². The summed E-state index contributed by atoms with van der Waals surface area (Å²) in [6.07, 6.45) is 1.92. The van der Waals surface area contributed by atoms with Gasteiger partial charge >= 0.3 is 0 Å². The number of hydrogen-bond donors (Lipinski definition) is 4. The van der Waals surface area contributed by atoms with Crippen LogP contribution in [-0.4, -0.2) is 41.3 Å². The summed E-state index contributed by atoms with van der Waals surface area (Å²) in [7, 11) is 0. The lowest BCUT2D eigenvalue weighted by atomic mass is 9.98. The number of benzene rings is 1. The van der Waals surface area contributed by atoms with Crippen molar-refractivity contribution >= 4 is 40.2 Å². The summed E-state index contributed by atoms with van der Waals surface area (Å²) in [6.45, 7) is 6.45. The number of carbonyl (C=O) groups excluding carboxylic acids is 3. The van der Waals surface area contributed by atoms with Gasteiger partial charge < -0.3 is 20.9 Å². The summed E-state index contributed by atoms with van der Waals surface area (Å²) in [4.78, 5) is 41.2. The van der Waals surface area contributed by atoms with Crippen LogP contribution in [0.15, 0.2) is 18.2 Å². The van der Waals surface area contributed by atoms with E-state index >= 15 is 0 Å². The van der Waals surface area contributed by atoms with Gasteiger partial charge in [-0.2, -0.15) is 5.26 Å². The zero-order valence-electron chi connectivity index (χ0n) is 19.1. The maximum Gasteiger partial charge on any atom is 0.268 e. The van der Waals surface area contributed by atoms with Crippen LogP contribution in [0.5, 0.6) is 0 Å². The molecule has 3 amide bonds. The Kier molecular flexibility index (Phi) is 7.98. The number of nitriles is 1. The number of H-pyrrole nitrogens is 1. The average molecular weight is 472 g/mol. The van der Waals surface area contributed by atoms with Crippen molar-refractivity contribution in [2.45, 2.75) is 58.5 Å². The lowest BCUT2D eigenvalue weighted by molar-refractivity contribution is -0.125. The molecule has 0 radical (unpaired) electrons. The predicted octanol–water partition coefficient (Wildman–Crippen LogP) is 3.06. The smallest absolute Gasteiger partial charge is 0.268 e. The number of amides is 3. The van der Waals surface area contributed by atoms with Crippen molar-refractivity contribution < 1.29 is 14.4 Å². The maximum atomic E-state index is 13.2. The standard InChI is InChI=1S/C24H30ClN5O3/c1-4-17-18-11-15(25)5-6-19(18)29-21(17)24(33)30-20(9-13(2)3)23(32)28-16(12-26)10-14-7-8-27-22(14)31/h5-6,11,13-14,16,20,29H,4,7-10H2,1-3H3,(H,27,31)(H,28,32)(H,30,33)/t14-,16-,20-/m0/s1. The Morgan fingerprint density at radius 3 is 2.67 bits per heavy atom. The van der Waals surface area contributed by atoms with Crippen LogP contribution in [-0.2, 0) is 16.0 Å². The highest BCUT2D eigenvalue weighted by Crippen LogP contribution is 2.26. The molecule has 0 aliphatic carbocycles. The zero-order chi connectivity index (χ0) is 24.1. The fourth-order valence-corrected chi connectivity index (χ4v) is 4.46. The molecule has 4 N–H and O–H groups in total. The van der Waals surface area contributed by atoms with Gasteiger partial charge in [0.15, 0.2) is 0 Å². The third-order valence-corrected chi connectivity index (χ3v) is 6.17. The van der Waals surface area contributed by atoms with Gasteiger partial charge in [-0.3, -0.25) is 14.4 Å². The van der Waals surface area contributed by atoms with E-state index in [1.165, 1.54) is 0 Å². The number of nitrogens with one attached hydrogen (secondary N) is 4. The minimum atomic E-state index is -0.814. The van der Waals surface area contributed by atoms with Crippen molar-refractivity contribution in [3.63, 3.8) is 0 Å². The molecule has 1 saturated heterocycles. The zero-order valence-corrected chi connectivity index (χ0v) is 19.9. The predicted molar refractivity (Wildman–Crippen MR) is 127 cm³/mol. The van der Waals surface area contributed by atoms with Crippen molar-refractivity contribution in [2.24, 2.45) is 11.8 Å². The second-order valence-electron chi connectivity index (χ2n) is 8.88. The fourth-order valence-electron chi connectivity index (χ4n) is 4.28. The van der Waals surface area contributed by atoms with Crippen molar-refractivity contribution in [2.75, 3.05) is 6.54 Å². The van der Waals surface area contributed by atoms with Crippen LogP contribution >= 0.6 is 11.6 Å². The molecule has 0 unspecified atom stereocenters. The Hall–Kier alpha value is -3.05. The van der Waals surface area contributed by atoms with Gasteiger partial charge in [0.25, 0.3) is 5.91 Å². The van der Waals surface area contributed by atoms with E-state index in [4.69, 9.17) is 11.6 Å². The number of fused-ring (bicyclic) bond motifs is 1. The van der Waals surface area contributed by atoms with Crippen LogP contribution < -0.4 is 16.0 Å². The van der Waals surface area contributed by atoms with Gasteiger partial charge in [-0.25, -0.2) is 0 Å². The molecule has 9 heteroatoms. The molecule has 1 aromatic carbocycles. The Morgan fingerprint density at radius 1 is 1.30 bits per heavy atom. The third kappa shape index (κ3) is 5.85. The summed E-state index contributed by atoms with van der Waals surface area (Å²) in [5.41, 5.74) is 2.03. The molecule has 1 aliphatic heterocycles. The molecule has 8 nitrogen and oxygen atoms in total. The van der Waals surface area contributed by atoms with Crippen LogP contribution in [0.2, 0.25) is 5.02 Å². The van der Waals surface area contributed by atoms with Gasteiger partial charge in [-0.15, -0.1) is 0 Å². The number of halogens is 1. The molecule has 0 saturated carbocycles. The van der Waals surface area contributed by atoms with Gasteiger partial charge in [0.05, 0.1) is 6.07 Å². The average Bonchev–Trinajstić information content (AvgIpc) is 3.34. The minimum Gasteiger partial charge on any atom is -0.356 e. The molecule has 2 heterocycles. The van der Waals surface area contributed by atoms with Crippen LogP contribution in [0, 0.1) is 23.2 Å². The Morgan fingerprint density at radius 2 is 2.06 bits per heavy atom. The van der Waals surface area contributed by atoms with Crippen molar-refractivity contribution in [1.29, 1.82) is 5.26 Å². The van der Waals surface area contributed by atoms with Crippen molar-refractivity contribution in [3.8, 4) is 6.07 Å². The quantitative estimate of drug-likeness (QED) is 0.448. The van der Waals surface area contributed by atoms with Crippen LogP contribution in [0.1, 0.15) is 56.1 Å². The second kappa shape index (κ2) is 10.7. The number of aryl methyl sites for hydroxylation is 1. The maximum absolute atomic E-state index is 13.2. The molecule has 1 fully saturated rings. The highest BCUT2D eigenvalue weighted by Gasteiger charge is 2.30. The third-order valence-electron chi connectivity index (χ3n) is 5.93. The van der Waals surface area contributed by atoms with Gasteiger partial charge in [-0.1, -0.05) is 32.4 Å². The van der Waals surface area contributed by atoms with Gasteiger partial charge in [-0.05, 0) is 55.4 Å². The highest BCUT2D eigenvalue weighted by molar-refractivity contribution is 6.31. The first-order valence-corrected chi connectivity index (χ1v) is 11.7. The lowest BCUT2D eigenvalue weighted by Crippen LogP contribution is -2.50. The molecule has 1 aromatic heterocycles. The Bertz CT molecular complexity index is 1090. The monoisotopic (exact) mass is 471 g/mol. The van der Waals surface area contributed by atoms with E-state index in [0.29, 0.717) is 36.5 Å². The minimum absolute atomic E-state index is 0.0949.